The normalized spacial score (nSPS) is 9.60. The minimum atomic E-state index is -0.418. The van der Waals surface area contributed by atoms with Crippen LogP contribution in [0.25, 0.3) is 0 Å². The molecule has 0 unspecified atom stereocenters. The number of nitrogens with one attached hydrogen (secondary N) is 1. The predicted molar refractivity (Wildman–Crippen MR) is 58.9 cm³/mol. The SMILES string of the molecule is NC(=S)CNC(=O)c1ccc(O)c(O)c1. The first-order valence-electron chi connectivity index (χ1n) is 4.09. The molecule has 0 aliphatic rings. The van der Waals surface area contributed by atoms with E-state index >= 15 is 0 Å². The van der Waals surface area contributed by atoms with Gasteiger partial charge in [-0.15, -0.1) is 0 Å². The zero-order valence-electron chi connectivity index (χ0n) is 7.73. The summed E-state index contributed by atoms with van der Waals surface area (Å²) in [6.07, 6.45) is 0. The van der Waals surface area contributed by atoms with Gasteiger partial charge in [0.2, 0.25) is 0 Å². The van der Waals surface area contributed by atoms with Crippen LogP contribution in [0.15, 0.2) is 18.2 Å². The van der Waals surface area contributed by atoms with Crippen LogP contribution in [0.2, 0.25) is 0 Å². The number of carbonyl (C=O) groups is 1. The molecule has 0 aromatic heterocycles. The Morgan fingerprint density at radius 1 is 1.40 bits per heavy atom. The highest BCUT2D eigenvalue weighted by Gasteiger charge is 2.08. The molecule has 0 fully saturated rings. The molecule has 80 valence electrons. The number of hydrogen-bond donors (Lipinski definition) is 4. The molecule has 0 bridgehead atoms. The number of carbonyl (C=O) groups excluding carboxylic acids is 1. The lowest BCUT2D eigenvalue weighted by Crippen LogP contribution is -2.32. The lowest BCUT2D eigenvalue weighted by molar-refractivity contribution is 0.0959. The number of amides is 1. The van der Waals surface area contributed by atoms with Crippen LogP contribution in [0.3, 0.4) is 0 Å². The molecule has 0 radical (unpaired) electrons. The molecule has 5 nitrogen and oxygen atoms in total. The number of rotatable bonds is 3. The van der Waals surface area contributed by atoms with Crippen LogP contribution >= 0.6 is 12.2 Å². The highest BCUT2D eigenvalue weighted by molar-refractivity contribution is 7.80. The third-order valence-electron chi connectivity index (χ3n) is 1.66. The number of nitrogens with two attached hydrogens (primary N) is 1. The molecule has 1 aromatic rings. The van der Waals surface area contributed by atoms with Gasteiger partial charge in [-0.1, -0.05) is 12.2 Å². The van der Waals surface area contributed by atoms with Crippen molar-refractivity contribution in [1.29, 1.82) is 0 Å². The maximum absolute atomic E-state index is 11.4. The van der Waals surface area contributed by atoms with Gasteiger partial charge in [-0.2, -0.15) is 0 Å². The van der Waals surface area contributed by atoms with Crippen LogP contribution in [-0.4, -0.2) is 27.7 Å². The fraction of sp³-hybridized carbons (Fsp3) is 0.111. The first-order chi connectivity index (χ1) is 7.00. The monoisotopic (exact) mass is 226 g/mol. The van der Waals surface area contributed by atoms with E-state index in [-0.39, 0.29) is 28.6 Å². The molecule has 0 spiro atoms. The van der Waals surface area contributed by atoms with Crippen LogP contribution in [0.4, 0.5) is 0 Å². The molecule has 1 rings (SSSR count). The van der Waals surface area contributed by atoms with Gasteiger partial charge in [0, 0.05) is 5.56 Å². The summed E-state index contributed by atoms with van der Waals surface area (Å²) in [5.74, 6) is -1.04. The molecule has 6 heteroatoms. The van der Waals surface area contributed by atoms with Crippen molar-refractivity contribution in [2.75, 3.05) is 6.54 Å². The van der Waals surface area contributed by atoms with E-state index in [0.29, 0.717) is 0 Å². The largest absolute Gasteiger partial charge is 0.504 e. The van der Waals surface area contributed by atoms with Crippen molar-refractivity contribution in [3.05, 3.63) is 23.8 Å². The summed E-state index contributed by atoms with van der Waals surface area (Å²) in [6.45, 7) is 0.0931. The Morgan fingerprint density at radius 3 is 2.60 bits per heavy atom. The summed E-state index contributed by atoms with van der Waals surface area (Å²) < 4.78 is 0. The number of hydrogen-bond acceptors (Lipinski definition) is 4. The van der Waals surface area contributed by atoms with Crippen LogP contribution in [0, 0.1) is 0 Å². The Labute approximate surface area is 91.5 Å². The van der Waals surface area contributed by atoms with Crippen LogP contribution < -0.4 is 11.1 Å². The fourth-order valence-electron chi connectivity index (χ4n) is 0.934. The number of phenolic OH excluding ortho intramolecular Hbond substituents is 2. The molecule has 0 heterocycles. The Balaban J connectivity index is 2.74. The zero-order chi connectivity index (χ0) is 11.4. The molecule has 0 aliphatic carbocycles. The second-order valence-electron chi connectivity index (χ2n) is 2.85. The summed E-state index contributed by atoms with van der Waals surface area (Å²) in [4.78, 5) is 11.6. The second kappa shape index (κ2) is 4.61. The van der Waals surface area contributed by atoms with Crippen molar-refractivity contribution in [2.45, 2.75) is 0 Å². The van der Waals surface area contributed by atoms with Gasteiger partial charge in [0.15, 0.2) is 11.5 Å². The van der Waals surface area contributed by atoms with Gasteiger partial charge in [0.1, 0.15) is 0 Å². The van der Waals surface area contributed by atoms with Crippen molar-refractivity contribution in [1.82, 2.24) is 5.32 Å². The van der Waals surface area contributed by atoms with E-state index in [9.17, 15) is 4.79 Å². The van der Waals surface area contributed by atoms with Crippen molar-refractivity contribution in [3.63, 3.8) is 0 Å². The number of phenols is 2. The van der Waals surface area contributed by atoms with Crippen molar-refractivity contribution in [2.24, 2.45) is 5.73 Å². The molecule has 0 atom stereocenters. The van der Waals surface area contributed by atoms with E-state index in [2.05, 4.69) is 17.5 Å². The molecule has 1 amide bonds. The van der Waals surface area contributed by atoms with Gasteiger partial charge in [-0.05, 0) is 18.2 Å². The third kappa shape index (κ3) is 3.10. The molecule has 15 heavy (non-hydrogen) atoms. The molecule has 0 saturated carbocycles. The Hall–Kier alpha value is -1.82. The fourth-order valence-corrected chi connectivity index (χ4v) is 1.01. The number of benzene rings is 1. The highest BCUT2D eigenvalue weighted by atomic mass is 32.1. The summed E-state index contributed by atoms with van der Waals surface area (Å²) in [5, 5.41) is 20.6. The Bertz CT molecular complexity index is 406. The first kappa shape index (κ1) is 11.3. The number of thiocarbonyl (C=S) groups is 1. The van der Waals surface area contributed by atoms with E-state index in [4.69, 9.17) is 15.9 Å². The van der Waals surface area contributed by atoms with Gasteiger partial charge in [-0.25, -0.2) is 0 Å². The molecule has 1 aromatic carbocycles. The van der Waals surface area contributed by atoms with E-state index in [1.807, 2.05) is 0 Å². The summed E-state index contributed by atoms with van der Waals surface area (Å²) in [6, 6.07) is 3.76. The Kier molecular flexibility index (Phi) is 3.46. The maximum atomic E-state index is 11.4. The smallest absolute Gasteiger partial charge is 0.251 e. The third-order valence-corrected chi connectivity index (χ3v) is 1.81. The van der Waals surface area contributed by atoms with Gasteiger partial charge in [0.05, 0.1) is 11.5 Å². The maximum Gasteiger partial charge on any atom is 0.251 e. The van der Waals surface area contributed by atoms with Gasteiger partial charge in [0.25, 0.3) is 5.91 Å². The lowest BCUT2D eigenvalue weighted by atomic mass is 10.2. The number of aromatic hydroxyl groups is 2. The van der Waals surface area contributed by atoms with E-state index in [0.717, 1.165) is 6.07 Å². The van der Waals surface area contributed by atoms with Gasteiger partial charge < -0.3 is 21.3 Å². The molecule has 5 N–H and O–H groups in total. The van der Waals surface area contributed by atoms with Crippen LogP contribution in [0.5, 0.6) is 11.5 Å². The van der Waals surface area contributed by atoms with Crippen LogP contribution in [0.1, 0.15) is 10.4 Å². The van der Waals surface area contributed by atoms with Crippen molar-refractivity contribution in [3.8, 4) is 11.5 Å². The molecule has 0 aliphatic heterocycles. The highest BCUT2D eigenvalue weighted by Crippen LogP contribution is 2.24. The lowest BCUT2D eigenvalue weighted by Gasteiger charge is -2.04. The predicted octanol–water partition coefficient (Wildman–Crippen LogP) is 0.114. The zero-order valence-corrected chi connectivity index (χ0v) is 8.54. The van der Waals surface area contributed by atoms with Gasteiger partial charge >= 0.3 is 0 Å². The van der Waals surface area contributed by atoms with Crippen molar-refractivity contribution < 1.29 is 15.0 Å². The standard InChI is InChI=1S/C9H10N2O3S/c10-8(15)4-11-9(14)5-1-2-6(12)7(13)3-5/h1-3,12-13H,4H2,(H2,10,15)(H,11,14). The van der Waals surface area contributed by atoms with E-state index in [1.165, 1.54) is 12.1 Å². The quantitative estimate of drug-likeness (QED) is 0.433. The van der Waals surface area contributed by atoms with Gasteiger partial charge in [-0.3, -0.25) is 4.79 Å². The minimum Gasteiger partial charge on any atom is -0.504 e. The molecular weight excluding hydrogens is 216 g/mol. The second-order valence-corrected chi connectivity index (χ2v) is 3.38. The molecular formula is C9H10N2O3S. The topological polar surface area (TPSA) is 95.6 Å². The minimum absolute atomic E-state index is 0.0931. The first-order valence-corrected chi connectivity index (χ1v) is 4.50. The average molecular weight is 226 g/mol. The Morgan fingerprint density at radius 2 is 2.07 bits per heavy atom. The summed E-state index contributed by atoms with van der Waals surface area (Å²) in [7, 11) is 0. The van der Waals surface area contributed by atoms with Crippen molar-refractivity contribution >= 4 is 23.1 Å². The molecule has 0 saturated heterocycles. The average Bonchev–Trinajstić information content (AvgIpc) is 2.18. The van der Waals surface area contributed by atoms with Crippen LogP contribution in [-0.2, 0) is 0 Å². The van der Waals surface area contributed by atoms with E-state index < -0.39 is 5.91 Å². The van der Waals surface area contributed by atoms with E-state index in [1.54, 1.807) is 0 Å². The summed E-state index contributed by atoms with van der Waals surface area (Å²) >= 11 is 4.58. The summed E-state index contributed by atoms with van der Waals surface area (Å²) in [5.41, 5.74) is 5.42.